The second kappa shape index (κ2) is 4.40. The van der Waals surface area contributed by atoms with E-state index in [9.17, 15) is 0 Å². The normalized spacial score (nSPS) is 10.9. The van der Waals surface area contributed by atoms with Crippen LogP contribution in [0.15, 0.2) is 36.5 Å². The Morgan fingerprint density at radius 1 is 1.17 bits per heavy atom. The Balaban J connectivity index is 1.89. The number of anilines is 1. The minimum atomic E-state index is 0.336. The van der Waals surface area contributed by atoms with Crippen LogP contribution in [0.25, 0.3) is 10.9 Å². The van der Waals surface area contributed by atoms with Crippen LogP contribution in [0.5, 0.6) is 0 Å². The first kappa shape index (κ1) is 10.6. The van der Waals surface area contributed by atoms with Gasteiger partial charge in [-0.1, -0.05) is 29.4 Å². The standard InChI is InChI=1S/C12H12N6/c13-12-15-16-17-18(12)8-6-10-4-1-3-9-5-2-7-14-11(9)10/h1-5,7H,6,8H2,(H2,13,15,17). The minimum Gasteiger partial charge on any atom is -0.367 e. The molecule has 0 spiro atoms. The molecule has 0 saturated carbocycles. The number of fused-ring (bicyclic) bond motifs is 1. The highest BCUT2D eigenvalue weighted by molar-refractivity contribution is 5.81. The third-order valence-corrected chi connectivity index (χ3v) is 2.87. The highest BCUT2D eigenvalue weighted by Crippen LogP contribution is 2.16. The van der Waals surface area contributed by atoms with Crippen molar-refractivity contribution in [2.75, 3.05) is 5.73 Å². The van der Waals surface area contributed by atoms with Crippen LogP contribution in [-0.4, -0.2) is 25.2 Å². The molecule has 3 aromatic rings. The van der Waals surface area contributed by atoms with Crippen molar-refractivity contribution in [2.24, 2.45) is 0 Å². The summed E-state index contributed by atoms with van der Waals surface area (Å²) in [6, 6.07) is 10.1. The van der Waals surface area contributed by atoms with Gasteiger partial charge in [0.05, 0.1) is 12.1 Å². The van der Waals surface area contributed by atoms with Crippen LogP contribution in [0.4, 0.5) is 5.95 Å². The Bertz CT molecular complexity index is 670. The van der Waals surface area contributed by atoms with Crippen molar-refractivity contribution in [2.45, 2.75) is 13.0 Å². The maximum atomic E-state index is 5.63. The molecule has 0 radical (unpaired) electrons. The highest BCUT2D eigenvalue weighted by Gasteiger charge is 2.04. The van der Waals surface area contributed by atoms with E-state index in [1.165, 1.54) is 5.56 Å². The van der Waals surface area contributed by atoms with Gasteiger partial charge in [-0.05, 0) is 28.5 Å². The molecule has 0 aliphatic rings. The summed E-state index contributed by atoms with van der Waals surface area (Å²) in [7, 11) is 0. The lowest BCUT2D eigenvalue weighted by molar-refractivity contribution is 0.596. The maximum Gasteiger partial charge on any atom is 0.240 e. The number of aryl methyl sites for hydroxylation is 2. The molecule has 0 atom stereocenters. The summed E-state index contributed by atoms with van der Waals surface area (Å²) in [5, 5.41) is 12.1. The number of nitrogen functional groups attached to an aromatic ring is 1. The van der Waals surface area contributed by atoms with Crippen molar-refractivity contribution in [3.05, 3.63) is 42.1 Å². The zero-order chi connectivity index (χ0) is 12.4. The quantitative estimate of drug-likeness (QED) is 0.739. The average Bonchev–Trinajstić information content (AvgIpc) is 2.82. The average molecular weight is 240 g/mol. The predicted octanol–water partition coefficient (Wildman–Crippen LogP) is 1.05. The summed E-state index contributed by atoms with van der Waals surface area (Å²) in [6.45, 7) is 0.647. The van der Waals surface area contributed by atoms with Gasteiger partial charge in [-0.2, -0.15) is 0 Å². The van der Waals surface area contributed by atoms with Gasteiger partial charge in [0, 0.05) is 11.6 Å². The second-order valence-electron chi connectivity index (χ2n) is 4.00. The summed E-state index contributed by atoms with van der Waals surface area (Å²) in [5.41, 5.74) is 7.82. The van der Waals surface area contributed by atoms with Crippen LogP contribution in [-0.2, 0) is 13.0 Å². The van der Waals surface area contributed by atoms with Gasteiger partial charge in [-0.3, -0.25) is 4.98 Å². The van der Waals surface area contributed by atoms with Gasteiger partial charge in [0.15, 0.2) is 0 Å². The number of nitrogens with zero attached hydrogens (tertiary/aromatic N) is 5. The maximum absolute atomic E-state index is 5.63. The summed E-state index contributed by atoms with van der Waals surface area (Å²) >= 11 is 0. The van der Waals surface area contributed by atoms with Crippen LogP contribution < -0.4 is 5.73 Å². The Labute approximate surface area is 103 Å². The number of benzene rings is 1. The summed E-state index contributed by atoms with van der Waals surface area (Å²) in [4.78, 5) is 4.41. The molecule has 6 heteroatoms. The first-order valence-corrected chi connectivity index (χ1v) is 5.69. The molecule has 0 fully saturated rings. The first-order valence-electron chi connectivity index (χ1n) is 5.69. The Kier molecular flexibility index (Phi) is 2.60. The fourth-order valence-corrected chi connectivity index (χ4v) is 1.97. The van der Waals surface area contributed by atoms with E-state index in [-0.39, 0.29) is 0 Å². The van der Waals surface area contributed by atoms with Gasteiger partial charge in [0.1, 0.15) is 0 Å². The van der Waals surface area contributed by atoms with Crippen molar-refractivity contribution in [3.63, 3.8) is 0 Å². The Morgan fingerprint density at radius 3 is 2.89 bits per heavy atom. The zero-order valence-corrected chi connectivity index (χ0v) is 9.69. The highest BCUT2D eigenvalue weighted by atomic mass is 15.6. The fraction of sp³-hybridized carbons (Fsp3) is 0.167. The molecule has 18 heavy (non-hydrogen) atoms. The molecule has 2 N–H and O–H groups in total. The van der Waals surface area contributed by atoms with Crippen molar-refractivity contribution < 1.29 is 0 Å². The largest absolute Gasteiger partial charge is 0.367 e. The predicted molar refractivity (Wildman–Crippen MR) is 67.7 cm³/mol. The monoisotopic (exact) mass is 240 g/mol. The van der Waals surface area contributed by atoms with Gasteiger partial charge < -0.3 is 5.73 Å². The van der Waals surface area contributed by atoms with Crippen molar-refractivity contribution in [1.29, 1.82) is 0 Å². The summed E-state index contributed by atoms with van der Waals surface area (Å²) in [6.07, 6.45) is 2.60. The zero-order valence-electron chi connectivity index (χ0n) is 9.69. The number of hydrogen-bond acceptors (Lipinski definition) is 5. The number of para-hydroxylation sites is 1. The van der Waals surface area contributed by atoms with E-state index in [2.05, 4.69) is 38.7 Å². The lowest BCUT2D eigenvalue weighted by atomic mass is 10.1. The van der Waals surface area contributed by atoms with Crippen molar-refractivity contribution >= 4 is 16.9 Å². The van der Waals surface area contributed by atoms with E-state index in [0.29, 0.717) is 12.5 Å². The van der Waals surface area contributed by atoms with Crippen LogP contribution in [0.2, 0.25) is 0 Å². The molecule has 2 heterocycles. The molecule has 0 aliphatic carbocycles. The lowest BCUT2D eigenvalue weighted by Gasteiger charge is -2.05. The van der Waals surface area contributed by atoms with Gasteiger partial charge in [-0.15, -0.1) is 0 Å². The Hall–Kier alpha value is -2.50. The second-order valence-corrected chi connectivity index (χ2v) is 4.00. The third kappa shape index (κ3) is 1.88. The van der Waals surface area contributed by atoms with Crippen molar-refractivity contribution in [3.8, 4) is 0 Å². The topological polar surface area (TPSA) is 82.5 Å². The number of rotatable bonds is 3. The van der Waals surface area contributed by atoms with E-state index >= 15 is 0 Å². The SMILES string of the molecule is Nc1nnnn1CCc1cccc2cccnc12. The first-order chi connectivity index (χ1) is 8.84. The van der Waals surface area contributed by atoms with E-state index in [4.69, 9.17) is 5.73 Å². The number of pyridine rings is 1. The van der Waals surface area contributed by atoms with Gasteiger partial charge in [0.2, 0.25) is 5.95 Å². The number of aromatic nitrogens is 5. The van der Waals surface area contributed by atoms with E-state index in [1.54, 1.807) is 10.9 Å². The Morgan fingerprint density at radius 2 is 2.06 bits per heavy atom. The summed E-state index contributed by atoms with van der Waals surface area (Å²) in [5.74, 6) is 0.336. The van der Waals surface area contributed by atoms with Gasteiger partial charge in [0.25, 0.3) is 0 Å². The fourth-order valence-electron chi connectivity index (χ4n) is 1.97. The molecule has 1 aromatic carbocycles. The molecule has 0 aliphatic heterocycles. The molecule has 0 bridgehead atoms. The smallest absolute Gasteiger partial charge is 0.240 e. The van der Waals surface area contributed by atoms with Crippen LogP contribution >= 0.6 is 0 Å². The lowest BCUT2D eigenvalue weighted by Crippen LogP contribution is -2.07. The summed E-state index contributed by atoms with van der Waals surface area (Å²) < 4.78 is 1.59. The molecular weight excluding hydrogens is 228 g/mol. The molecule has 2 aromatic heterocycles. The number of nitrogens with two attached hydrogens (primary N) is 1. The van der Waals surface area contributed by atoms with Crippen LogP contribution in [0, 0.1) is 0 Å². The molecule has 90 valence electrons. The van der Waals surface area contributed by atoms with Gasteiger partial charge in [-0.25, -0.2) is 4.68 Å². The number of tetrazole rings is 1. The molecule has 0 saturated heterocycles. The molecule has 6 nitrogen and oxygen atoms in total. The van der Waals surface area contributed by atoms with Gasteiger partial charge >= 0.3 is 0 Å². The minimum absolute atomic E-state index is 0.336. The number of hydrogen-bond donors (Lipinski definition) is 1. The van der Waals surface area contributed by atoms with Crippen LogP contribution in [0.3, 0.4) is 0 Å². The third-order valence-electron chi connectivity index (χ3n) is 2.87. The van der Waals surface area contributed by atoms with E-state index in [0.717, 1.165) is 17.3 Å². The van der Waals surface area contributed by atoms with Crippen LogP contribution in [0.1, 0.15) is 5.56 Å². The molecular formula is C12H12N6. The molecule has 0 amide bonds. The molecule has 3 rings (SSSR count). The van der Waals surface area contributed by atoms with E-state index in [1.807, 2.05) is 12.1 Å². The van der Waals surface area contributed by atoms with Crippen molar-refractivity contribution in [1.82, 2.24) is 25.2 Å². The van der Waals surface area contributed by atoms with E-state index < -0.39 is 0 Å². The molecule has 0 unspecified atom stereocenters.